The molecule has 4 heteroatoms. The van der Waals surface area contributed by atoms with Gasteiger partial charge in [-0.2, -0.15) is 0 Å². The minimum absolute atomic E-state index is 0.281. The third kappa shape index (κ3) is 4.33. The Bertz CT molecular complexity index is 408. The van der Waals surface area contributed by atoms with Crippen molar-refractivity contribution in [2.45, 2.75) is 38.4 Å². The van der Waals surface area contributed by atoms with E-state index in [4.69, 9.17) is 5.11 Å². The molecule has 0 saturated carbocycles. The van der Waals surface area contributed by atoms with Gasteiger partial charge in [0.1, 0.15) is 6.04 Å². The smallest absolute Gasteiger partial charge is 0.320 e. The van der Waals surface area contributed by atoms with Gasteiger partial charge in [0.05, 0.1) is 0 Å². The monoisotopic (exact) mass is 262 g/mol. The molecule has 0 aromatic heterocycles. The normalized spacial score (nSPS) is 22.1. The molecule has 1 aromatic rings. The maximum atomic E-state index is 10.9. The molecule has 0 amide bonds. The first-order chi connectivity index (χ1) is 9.15. The number of carbonyl (C=O) groups is 1. The fourth-order valence-electron chi connectivity index (χ4n) is 2.60. The molecule has 1 aliphatic heterocycles. The first-order valence-corrected chi connectivity index (χ1v) is 6.90. The maximum Gasteiger partial charge on any atom is 0.320 e. The Hall–Kier alpha value is -1.39. The minimum atomic E-state index is -0.778. The van der Waals surface area contributed by atoms with Crippen molar-refractivity contribution < 1.29 is 9.90 Å². The topological polar surface area (TPSA) is 52.6 Å². The van der Waals surface area contributed by atoms with Gasteiger partial charge in [0.25, 0.3) is 0 Å². The van der Waals surface area contributed by atoms with Crippen LogP contribution >= 0.6 is 0 Å². The maximum absolute atomic E-state index is 10.9. The number of carboxylic acid groups (broad SMARTS) is 1. The summed E-state index contributed by atoms with van der Waals surface area (Å²) in [7, 11) is 0. The largest absolute Gasteiger partial charge is 0.480 e. The quantitative estimate of drug-likeness (QED) is 0.848. The second kappa shape index (κ2) is 6.68. The van der Waals surface area contributed by atoms with Crippen LogP contribution in [0.3, 0.4) is 0 Å². The van der Waals surface area contributed by atoms with E-state index in [1.165, 1.54) is 5.56 Å². The van der Waals surface area contributed by atoms with Crippen LogP contribution in [0.1, 0.15) is 25.3 Å². The fraction of sp³-hybridized carbons (Fsp3) is 0.533. The zero-order valence-electron chi connectivity index (χ0n) is 11.4. The lowest BCUT2D eigenvalue weighted by molar-refractivity contribution is -0.139. The van der Waals surface area contributed by atoms with E-state index in [-0.39, 0.29) is 6.04 Å². The first-order valence-electron chi connectivity index (χ1n) is 6.90. The van der Waals surface area contributed by atoms with Crippen molar-refractivity contribution in [2.24, 2.45) is 0 Å². The van der Waals surface area contributed by atoms with Gasteiger partial charge in [-0.3, -0.25) is 9.69 Å². The summed E-state index contributed by atoms with van der Waals surface area (Å²) in [6, 6.07) is 10.2. The molecule has 1 aliphatic rings. The summed E-state index contributed by atoms with van der Waals surface area (Å²) >= 11 is 0. The third-order valence-electron chi connectivity index (χ3n) is 3.61. The summed E-state index contributed by atoms with van der Waals surface area (Å²) in [5, 5.41) is 12.1. The summed E-state index contributed by atoms with van der Waals surface area (Å²) in [6.07, 6.45) is 2.18. The van der Waals surface area contributed by atoms with E-state index in [0.29, 0.717) is 0 Å². The van der Waals surface area contributed by atoms with Crippen LogP contribution in [0, 0.1) is 0 Å². The van der Waals surface area contributed by atoms with Crippen molar-refractivity contribution in [3.63, 3.8) is 0 Å². The van der Waals surface area contributed by atoms with E-state index in [1.807, 2.05) is 6.07 Å². The molecule has 19 heavy (non-hydrogen) atoms. The van der Waals surface area contributed by atoms with Gasteiger partial charge in [-0.05, 0) is 31.9 Å². The number of piperidine rings is 1. The molecule has 0 radical (unpaired) electrons. The first kappa shape index (κ1) is 14.0. The minimum Gasteiger partial charge on any atom is -0.480 e. The van der Waals surface area contributed by atoms with E-state index in [1.54, 1.807) is 6.92 Å². The lowest BCUT2D eigenvalue weighted by Crippen LogP contribution is -2.50. The third-order valence-corrected chi connectivity index (χ3v) is 3.61. The highest BCUT2D eigenvalue weighted by molar-refractivity contribution is 5.72. The molecule has 2 atom stereocenters. The van der Waals surface area contributed by atoms with Crippen molar-refractivity contribution in [3.8, 4) is 0 Å². The summed E-state index contributed by atoms with van der Waals surface area (Å²) in [5.41, 5.74) is 1.31. The van der Waals surface area contributed by atoms with Crippen molar-refractivity contribution >= 4 is 5.97 Å². The molecule has 0 bridgehead atoms. The average Bonchev–Trinajstić information content (AvgIpc) is 2.40. The molecule has 1 unspecified atom stereocenters. The van der Waals surface area contributed by atoms with Gasteiger partial charge in [-0.25, -0.2) is 0 Å². The Labute approximate surface area is 114 Å². The zero-order chi connectivity index (χ0) is 13.7. The molecule has 1 saturated heterocycles. The Morgan fingerprint density at radius 1 is 1.47 bits per heavy atom. The van der Waals surface area contributed by atoms with Gasteiger partial charge in [0.15, 0.2) is 0 Å². The molecular formula is C15H22N2O2. The van der Waals surface area contributed by atoms with Crippen molar-refractivity contribution in [3.05, 3.63) is 35.9 Å². The van der Waals surface area contributed by atoms with Crippen LogP contribution in [0.5, 0.6) is 0 Å². The number of aliphatic carboxylic acids is 1. The average molecular weight is 262 g/mol. The molecule has 0 aliphatic carbocycles. The second-order valence-electron chi connectivity index (χ2n) is 5.29. The van der Waals surface area contributed by atoms with E-state index >= 15 is 0 Å². The van der Waals surface area contributed by atoms with Crippen LogP contribution in [0.15, 0.2) is 30.3 Å². The van der Waals surface area contributed by atoms with Gasteiger partial charge in [-0.15, -0.1) is 0 Å². The van der Waals surface area contributed by atoms with E-state index in [9.17, 15) is 4.79 Å². The van der Waals surface area contributed by atoms with Gasteiger partial charge in [0.2, 0.25) is 0 Å². The van der Waals surface area contributed by atoms with Gasteiger partial charge in [0, 0.05) is 19.1 Å². The number of hydrogen-bond donors (Lipinski definition) is 2. The lowest BCUT2D eigenvalue weighted by atomic mass is 10.0. The summed E-state index contributed by atoms with van der Waals surface area (Å²) < 4.78 is 0. The van der Waals surface area contributed by atoms with Crippen LogP contribution in [0.2, 0.25) is 0 Å². The summed E-state index contributed by atoms with van der Waals surface area (Å²) in [4.78, 5) is 13.3. The van der Waals surface area contributed by atoms with Crippen molar-refractivity contribution in [2.75, 3.05) is 13.1 Å². The van der Waals surface area contributed by atoms with Crippen LogP contribution in [0.4, 0.5) is 0 Å². The predicted molar refractivity (Wildman–Crippen MR) is 75.0 cm³/mol. The molecule has 2 rings (SSSR count). The second-order valence-corrected chi connectivity index (χ2v) is 5.29. The number of nitrogens with zero attached hydrogens (tertiary/aromatic N) is 1. The standard InChI is InChI=1S/C15H22N2O2/c1-12(15(18)19)16-14-8-5-9-17(11-14)10-13-6-3-2-4-7-13/h2-4,6-7,12,14,16H,5,8-11H2,1H3,(H,18,19)/t12-,14?/m0/s1. The predicted octanol–water partition coefficient (Wildman–Crippen LogP) is 1.71. The Balaban J connectivity index is 1.85. The van der Waals surface area contributed by atoms with Crippen LogP contribution in [-0.2, 0) is 11.3 Å². The Kier molecular flexibility index (Phi) is 4.93. The molecule has 1 heterocycles. The molecule has 1 aromatic carbocycles. The van der Waals surface area contributed by atoms with Crippen molar-refractivity contribution in [1.29, 1.82) is 0 Å². The zero-order valence-corrected chi connectivity index (χ0v) is 11.4. The highest BCUT2D eigenvalue weighted by atomic mass is 16.4. The summed E-state index contributed by atoms with van der Waals surface area (Å²) in [5.74, 6) is -0.778. The molecule has 1 fully saturated rings. The fourth-order valence-corrected chi connectivity index (χ4v) is 2.60. The number of hydrogen-bond acceptors (Lipinski definition) is 3. The van der Waals surface area contributed by atoms with E-state index in [0.717, 1.165) is 32.5 Å². The SMILES string of the molecule is C[C@H](NC1CCCN(Cc2ccccc2)C1)C(=O)O. The summed E-state index contributed by atoms with van der Waals surface area (Å²) in [6.45, 7) is 4.67. The molecular weight excluding hydrogens is 240 g/mol. The van der Waals surface area contributed by atoms with Crippen LogP contribution in [0.25, 0.3) is 0 Å². The van der Waals surface area contributed by atoms with E-state index in [2.05, 4.69) is 34.5 Å². The van der Waals surface area contributed by atoms with Gasteiger partial charge in [-0.1, -0.05) is 30.3 Å². The molecule has 4 nitrogen and oxygen atoms in total. The highest BCUT2D eigenvalue weighted by Gasteiger charge is 2.23. The number of rotatable bonds is 5. The highest BCUT2D eigenvalue weighted by Crippen LogP contribution is 2.14. The van der Waals surface area contributed by atoms with Crippen LogP contribution < -0.4 is 5.32 Å². The number of benzene rings is 1. The number of likely N-dealkylation sites (tertiary alicyclic amines) is 1. The van der Waals surface area contributed by atoms with Gasteiger partial charge >= 0.3 is 5.97 Å². The van der Waals surface area contributed by atoms with Gasteiger partial charge < -0.3 is 10.4 Å². The molecule has 104 valence electrons. The van der Waals surface area contributed by atoms with Crippen molar-refractivity contribution in [1.82, 2.24) is 10.2 Å². The molecule has 2 N–H and O–H groups in total. The van der Waals surface area contributed by atoms with Crippen LogP contribution in [-0.4, -0.2) is 41.1 Å². The molecule has 0 spiro atoms. The number of nitrogens with one attached hydrogen (secondary N) is 1. The Morgan fingerprint density at radius 3 is 2.89 bits per heavy atom. The Morgan fingerprint density at radius 2 is 2.21 bits per heavy atom. The lowest BCUT2D eigenvalue weighted by Gasteiger charge is -2.34. The van der Waals surface area contributed by atoms with E-state index < -0.39 is 12.0 Å². The number of carboxylic acids is 1.